The van der Waals surface area contributed by atoms with Crippen molar-refractivity contribution >= 4 is 61.8 Å². The van der Waals surface area contributed by atoms with Crippen LogP contribution in [-0.2, 0) is 6.42 Å². The number of alkyl halides is 1. The number of fused-ring (bicyclic) bond motifs is 1. The van der Waals surface area contributed by atoms with Crippen molar-refractivity contribution in [3.05, 3.63) is 56.7 Å². The van der Waals surface area contributed by atoms with Gasteiger partial charge in [0.05, 0.1) is 21.1 Å². The van der Waals surface area contributed by atoms with Gasteiger partial charge in [0.1, 0.15) is 5.82 Å². The van der Waals surface area contributed by atoms with Gasteiger partial charge >= 0.3 is 0 Å². The van der Waals surface area contributed by atoms with Gasteiger partial charge in [-0.25, -0.2) is 4.98 Å². The lowest BCUT2D eigenvalue weighted by Crippen LogP contribution is -2.02. The second-order valence-corrected chi connectivity index (χ2v) is 6.56. The maximum absolute atomic E-state index is 6.37. The molecule has 0 bridgehead atoms. The number of imidazole rings is 1. The smallest absolute Gasteiger partial charge is 0.115 e. The van der Waals surface area contributed by atoms with E-state index in [0.717, 1.165) is 27.0 Å². The molecule has 2 aromatic carbocycles. The summed E-state index contributed by atoms with van der Waals surface area (Å²) >= 11 is 21.8. The fourth-order valence-electron chi connectivity index (χ4n) is 2.29. The van der Waals surface area contributed by atoms with E-state index in [9.17, 15) is 0 Å². The maximum atomic E-state index is 6.37. The fraction of sp³-hybridized carbons (Fsp3) is 0.133. The Morgan fingerprint density at radius 1 is 1.10 bits per heavy atom. The van der Waals surface area contributed by atoms with Crippen molar-refractivity contribution in [2.24, 2.45) is 0 Å². The molecule has 0 aliphatic rings. The van der Waals surface area contributed by atoms with Crippen molar-refractivity contribution in [1.82, 2.24) is 9.55 Å². The van der Waals surface area contributed by atoms with Crippen LogP contribution in [0.2, 0.25) is 10.0 Å². The molecule has 0 radical (unpaired) electrons. The summed E-state index contributed by atoms with van der Waals surface area (Å²) in [5.74, 6) is 1.37. The minimum absolute atomic E-state index is 0.496. The average Bonchev–Trinajstić information content (AvgIpc) is 2.82. The minimum atomic E-state index is 0.496. The molecule has 108 valence electrons. The van der Waals surface area contributed by atoms with E-state index in [0.29, 0.717) is 22.3 Å². The molecule has 3 rings (SSSR count). The summed E-state index contributed by atoms with van der Waals surface area (Å²) in [5.41, 5.74) is 2.68. The van der Waals surface area contributed by atoms with Crippen molar-refractivity contribution in [3.8, 4) is 5.69 Å². The largest absolute Gasteiger partial charge is 0.295 e. The topological polar surface area (TPSA) is 17.8 Å². The van der Waals surface area contributed by atoms with Crippen LogP contribution in [0.15, 0.2) is 40.9 Å². The van der Waals surface area contributed by atoms with Crippen LogP contribution in [-0.4, -0.2) is 15.4 Å². The van der Waals surface area contributed by atoms with E-state index in [-0.39, 0.29) is 0 Å². The first-order valence-corrected chi connectivity index (χ1v) is 8.37. The SMILES string of the molecule is ClCCc1nc2cccc(Cl)c2n1-c1ccc(Cl)c(Br)c1. The highest BCUT2D eigenvalue weighted by Crippen LogP contribution is 2.31. The third-order valence-corrected chi connectivity index (χ3v) is 4.88. The zero-order valence-electron chi connectivity index (χ0n) is 10.8. The molecule has 0 saturated heterocycles. The minimum Gasteiger partial charge on any atom is -0.295 e. The summed E-state index contributed by atoms with van der Waals surface area (Å²) in [6, 6.07) is 11.4. The molecule has 1 heterocycles. The third kappa shape index (κ3) is 2.80. The Labute approximate surface area is 145 Å². The highest BCUT2D eigenvalue weighted by molar-refractivity contribution is 9.10. The third-order valence-electron chi connectivity index (χ3n) is 3.18. The summed E-state index contributed by atoms with van der Waals surface area (Å²) in [6.07, 6.45) is 0.660. The monoisotopic (exact) mass is 402 g/mol. The molecule has 6 heteroatoms. The molecule has 0 spiro atoms. The number of hydrogen-bond acceptors (Lipinski definition) is 1. The van der Waals surface area contributed by atoms with Crippen LogP contribution in [0.25, 0.3) is 16.7 Å². The first-order valence-electron chi connectivity index (χ1n) is 6.29. The summed E-state index contributed by atoms with van der Waals surface area (Å²) < 4.78 is 2.86. The van der Waals surface area contributed by atoms with Crippen molar-refractivity contribution in [2.45, 2.75) is 6.42 Å². The Hall–Kier alpha value is -0.740. The number of nitrogens with zero attached hydrogens (tertiary/aromatic N) is 2. The van der Waals surface area contributed by atoms with Gasteiger partial charge in [0, 0.05) is 22.5 Å². The number of benzene rings is 2. The zero-order chi connectivity index (χ0) is 15.0. The highest BCUT2D eigenvalue weighted by atomic mass is 79.9. The summed E-state index contributed by atoms with van der Waals surface area (Å²) in [5, 5.41) is 1.32. The van der Waals surface area contributed by atoms with Crippen molar-refractivity contribution < 1.29 is 0 Å². The molecule has 0 aliphatic heterocycles. The van der Waals surface area contributed by atoms with Crippen molar-refractivity contribution in [1.29, 1.82) is 0 Å². The number of aryl methyl sites for hydroxylation is 1. The van der Waals surface area contributed by atoms with E-state index in [4.69, 9.17) is 34.8 Å². The van der Waals surface area contributed by atoms with Crippen LogP contribution in [0.3, 0.4) is 0 Å². The van der Waals surface area contributed by atoms with Crippen LogP contribution in [0.1, 0.15) is 5.82 Å². The normalized spacial score (nSPS) is 11.2. The second kappa shape index (κ2) is 6.17. The van der Waals surface area contributed by atoms with Gasteiger partial charge in [-0.05, 0) is 46.3 Å². The lowest BCUT2D eigenvalue weighted by atomic mass is 10.2. The Balaban J connectivity index is 2.32. The molecule has 0 fully saturated rings. The summed E-state index contributed by atoms with van der Waals surface area (Å²) in [6.45, 7) is 0. The second-order valence-electron chi connectivity index (χ2n) is 4.51. The molecule has 2 nitrogen and oxygen atoms in total. The molecule has 3 aromatic rings. The number of aromatic nitrogens is 2. The molecule has 0 unspecified atom stereocenters. The molecule has 0 amide bonds. The van der Waals surface area contributed by atoms with Crippen LogP contribution >= 0.6 is 50.7 Å². The Kier molecular flexibility index (Phi) is 4.46. The van der Waals surface area contributed by atoms with E-state index < -0.39 is 0 Å². The predicted octanol–water partition coefficient (Wildman–Crippen LogP) is 5.88. The van der Waals surface area contributed by atoms with Crippen molar-refractivity contribution in [3.63, 3.8) is 0 Å². The Bertz CT molecular complexity index is 814. The Morgan fingerprint density at radius 3 is 2.62 bits per heavy atom. The molecular weight excluding hydrogens is 394 g/mol. The number of halogens is 4. The first kappa shape index (κ1) is 15.2. The first-order chi connectivity index (χ1) is 10.1. The van der Waals surface area contributed by atoms with Crippen LogP contribution in [0.5, 0.6) is 0 Å². The summed E-state index contributed by atoms with van der Waals surface area (Å²) in [7, 11) is 0. The highest BCUT2D eigenvalue weighted by Gasteiger charge is 2.15. The average molecular weight is 405 g/mol. The van der Waals surface area contributed by atoms with Gasteiger partial charge in [-0.1, -0.05) is 29.3 Å². The lowest BCUT2D eigenvalue weighted by molar-refractivity contribution is 0.912. The Morgan fingerprint density at radius 2 is 1.90 bits per heavy atom. The van der Waals surface area contributed by atoms with Crippen LogP contribution in [0, 0.1) is 0 Å². The van der Waals surface area contributed by atoms with E-state index in [1.165, 1.54) is 0 Å². The van der Waals surface area contributed by atoms with Crippen molar-refractivity contribution in [2.75, 3.05) is 5.88 Å². The molecule has 0 aliphatic carbocycles. The van der Waals surface area contributed by atoms with Gasteiger partial charge in [0.2, 0.25) is 0 Å². The standard InChI is InChI=1S/C15H10BrCl3N2/c16-10-8-9(4-5-11(10)18)21-14(6-7-17)20-13-3-1-2-12(19)15(13)21/h1-5,8H,6-7H2. The number of hydrogen-bond donors (Lipinski definition) is 0. The van der Waals surface area contributed by atoms with Crippen LogP contribution < -0.4 is 0 Å². The van der Waals surface area contributed by atoms with E-state index in [2.05, 4.69) is 20.9 Å². The van der Waals surface area contributed by atoms with Gasteiger partial charge < -0.3 is 0 Å². The van der Waals surface area contributed by atoms with E-state index >= 15 is 0 Å². The maximum Gasteiger partial charge on any atom is 0.115 e. The van der Waals surface area contributed by atoms with E-state index in [1.807, 2.05) is 41.0 Å². The molecule has 0 N–H and O–H groups in total. The molecule has 0 saturated carbocycles. The number of para-hydroxylation sites is 1. The van der Waals surface area contributed by atoms with Gasteiger partial charge in [0.25, 0.3) is 0 Å². The van der Waals surface area contributed by atoms with Gasteiger partial charge in [0.15, 0.2) is 0 Å². The van der Waals surface area contributed by atoms with Gasteiger partial charge in [-0.2, -0.15) is 0 Å². The zero-order valence-corrected chi connectivity index (χ0v) is 14.6. The summed E-state index contributed by atoms with van der Waals surface area (Å²) in [4.78, 5) is 4.64. The van der Waals surface area contributed by atoms with Crippen LogP contribution in [0.4, 0.5) is 0 Å². The fourth-order valence-corrected chi connectivity index (χ4v) is 3.20. The van der Waals surface area contributed by atoms with Gasteiger partial charge in [-0.3, -0.25) is 4.57 Å². The van der Waals surface area contributed by atoms with E-state index in [1.54, 1.807) is 0 Å². The molecule has 1 aromatic heterocycles. The van der Waals surface area contributed by atoms with Gasteiger partial charge in [-0.15, -0.1) is 11.6 Å². The molecule has 0 atom stereocenters. The molecular formula is C15H10BrCl3N2. The number of rotatable bonds is 3. The quantitative estimate of drug-likeness (QED) is 0.499. The molecule has 21 heavy (non-hydrogen) atoms. The lowest BCUT2D eigenvalue weighted by Gasteiger charge is -2.10. The predicted molar refractivity (Wildman–Crippen MR) is 93.2 cm³/mol.